The Morgan fingerprint density at radius 2 is 2.36 bits per heavy atom. The highest BCUT2D eigenvalue weighted by Crippen LogP contribution is 2.34. The molecule has 0 aliphatic carbocycles. The minimum atomic E-state index is -3.22. The Labute approximate surface area is 87.6 Å². The van der Waals surface area contributed by atoms with E-state index in [1.54, 1.807) is 13.1 Å². The zero-order valence-corrected chi connectivity index (χ0v) is 9.65. The van der Waals surface area contributed by atoms with Crippen molar-refractivity contribution in [2.75, 3.05) is 20.6 Å². The summed E-state index contributed by atoms with van der Waals surface area (Å²) in [6.45, 7) is 0.506. The second-order valence-corrected chi connectivity index (χ2v) is 6.24. The van der Waals surface area contributed by atoms with Gasteiger partial charge < -0.3 is 5.32 Å². The monoisotopic (exact) mass is 232 g/mol. The molecule has 0 fully saturated rings. The molecule has 0 radical (unpaired) electrons. The number of likely N-dealkylation sites (N-methyl/N-ethyl adjacent to an activating group) is 2. The first-order valence-corrected chi connectivity index (χ1v) is 6.60. The molecule has 0 amide bonds. The van der Waals surface area contributed by atoms with Gasteiger partial charge in [-0.25, -0.2) is 8.42 Å². The van der Waals surface area contributed by atoms with Crippen LogP contribution >= 0.6 is 11.3 Å². The van der Waals surface area contributed by atoms with Gasteiger partial charge in [-0.05, 0) is 18.5 Å². The maximum absolute atomic E-state index is 11.8. The van der Waals surface area contributed by atoms with Crippen LogP contribution in [0.3, 0.4) is 0 Å². The van der Waals surface area contributed by atoms with Crippen LogP contribution in [0.4, 0.5) is 0 Å². The van der Waals surface area contributed by atoms with Gasteiger partial charge in [0.05, 0.1) is 10.9 Å². The second kappa shape index (κ2) is 3.30. The molecule has 1 aromatic rings. The van der Waals surface area contributed by atoms with E-state index in [-0.39, 0.29) is 6.04 Å². The van der Waals surface area contributed by atoms with Gasteiger partial charge >= 0.3 is 0 Å². The zero-order valence-electron chi connectivity index (χ0n) is 8.02. The highest BCUT2D eigenvalue weighted by atomic mass is 32.2. The molecule has 1 N–H and O–H groups in total. The maximum Gasteiger partial charge on any atom is 0.244 e. The summed E-state index contributed by atoms with van der Waals surface area (Å²) in [5, 5.41) is 4.94. The minimum absolute atomic E-state index is 0.124. The van der Waals surface area contributed by atoms with Crippen LogP contribution in [0.2, 0.25) is 0 Å². The number of rotatable bonds is 1. The number of thiophene rings is 1. The third-order valence-corrected chi connectivity index (χ3v) is 5.49. The molecule has 0 saturated carbocycles. The average Bonchev–Trinajstić information content (AvgIpc) is 2.61. The van der Waals surface area contributed by atoms with Crippen molar-refractivity contribution in [1.82, 2.24) is 9.62 Å². The predicted octanol–water partition coefficient (Wildman–Crippen LogP) is 0.643. The van der Waals surface area contributed by atoms with Gasteiger partial charge in [-0.1, -0.05) is 0 Å². The van der Waals surface area contributed by atoms with Gasteiger partial charge in [0, 0.05) is 18.5 Å². The molecular weight excluding hydrogens is 220 g/mol. The topological polar surface area (TPSA) is 49.4 Å². The third kappa shape index (κ3) is 1.30. The van der Waals surface area contributed by atoms with Gasteiger partial charge in [0.2, 0.25) is 10.0 Å². The van der Waals surface area contributed by atoms with E-state index < -0.39 is 10.0 Å². The lowest BCUT2D eigenvalue weighted by Crippen LogP contribution is -2.39. The number of nitrogens with one attached hydrogen (secondary N) is 1. The van der Waals surface area contributed by atoms with Crippen LogP contribution in [0, 0.1) is 0 Å². The van der Waals surface area contributed by atoms with E-state index in [1.807, 2.05) is 12.4 Å². The van der Waals surface area contributed by atoms with Crippen molar-refractivity contribution in [3.05, 3.63) is 16.3 Å². The average molecular weight is 232 g/mol. The Bertz CT molecular complexity index is 438. The van der Waals surface area contributed by atoms with Gasteiger partial charge in [0.25, 0.3) is 0 Å². The van der Waals surface area contributed by atoms with Gasteiger partial charge in [0.1, 0.15) is 0 Å². The molecule has 2 rings (SSSR count). The summed E-state index contributed by atoms with van der Waals surface area (Å²) in [5.41, 5.74) is 0. The fourth-order valence-electron chi connectivity index (χ4n) is 1.60. The van der Waals surface area contributed by atoms with Crippen molar-refractivity contribution in [2.24, 2.45) is 0 Å². The van der Waals surface area contributed by atoms with Crippen molar-refractivity contribution in [1.29, 1.82) is 0 Å². The lowest BCUT2D eigenvalue weighted by atomic mass is 10.2. The van der Waals surface area contributed by atoms with Gasteiger partial charge in [-0.15, -0.1) is 11.3 Å². The highest BCUT2D eigenvalue weighted by molar-refractivity contribution is 7.89. The molecule has 1 aromatic heterocycles. The lowest BCUT2D eigenvalue weighted by molar-refractivity contribution is 0.396. The van der Waals surface area contributed by atoms with Crippen LogP contribution in [0.1, 0.15) is 10.9 Å². The third-order valence-electron chi connectivity index (χ3n) is 2.45. The molecule has 0 aromatic carbocycles. The minimum Gasteiger partial charge on any atom is -0.311 e. The summed E-state index contributed by atoms with van der Waals surface area (Å²) < 4.78 is 25.1. The number of hydrogen-bond donors (Lipinski definition) is 1. The molecule has 1 atom stereocenters. The first-order chi connectivity index (χ1) is 6.57. The van der Waals surface area contributed by atoms with E-state index in [4.69, 9.17) is 0 Å². The van der Waals surface area contributed by atoms with Crippen molar-refractivity contribution in [3.8, 4) is 0 Å². The molecule has 14 heavy (non-hydrogen) atoms. The van der Waals surface area contributed by atoms with E-state index >= 15 is 0 Å². The Morgan fingerprint density at radius 3 is 3.00 bits per heavy atom. The number of fused-ring (bicyclic) bond motifs is 1. The molecule has 78 valence electrons. The largest absolute Gasteiger partial charge is 0.311 e. The van der Waals surface area contributed by atoms with Crippen LogP contribution in [-0.4, -0.2) is 33.4 Å². The quantitative estimate of drug-likeness (QED) is 0.773. The summed E-state index contributed by atoms with van der Waals surface area (Å²) in [4.78, 5) is 1.38. The summed E-state index contributed by atoms with van der Waals surface area (Å²) in [6, 6.07) is 1.80. The molecule has 6 heteroatoms. The summed E-state index contributed by atoms with van der Waals surface area (Å²) >= 11 is 1.49. The first-order valence-electron chi connectivity index (χ1n) is 4.28. The molecule has 0 saturated heterocycles. The Morgan fingerprint density at radius 1 is 1.64 bits per heavy atom. The number of nitrogens with zero attached hydrogens (tertiary/aromatic N) is 1. The summed E-state index contributed by atoms with van der Waals surface area (Å²) in [7, 11) is 0.242. The van der Waals surface area contributed by atoms with Gasteiger partial charge in [-0.2, -0.15) is 4.31 Å². The smallest absolute Gasteiger partial charge is 0.244 e. The van der Waals surface area contributed by atoms with Crippen molar-refractivity contribution in [3.63, 3.8) is 0 Å². The van der Waals surface area contributed by atoms with Crippen LogP contribution < -0.4 is 5.32 Å². The van der Waals surface area contributed by atoms with Gasteiger partial charge in [-0.3, -0.25) is 0 Å². The molecule has 1 aliphatic heterocycles. The molecule has 0 bridgehead atoms. The summed E-state index contributed by atoms with van der Waals surface area (Å²) in [6.07, 6.45) is 0. The Balaban J connectivity index is 2.59. The van der Waals surface area contributed by atoms with Gasteiger partial charge in [0.15, 0.2) is 0 Å². The van der Waals surface area contributed by atoms with Crippen LogP contribution in [0.15, 0.2) is 16.3 Å². The van der Waals surface area contributed by atoms with Crippen LogP contribution in [-0.2, 0) is 10.0 Å². The maximum atomic E-state index is 11.8. The van der Waals surface area contributed by atoms with Crippen LogP contribution in [0.25, 0.3) is 0 Å². The van der Waals surface area contributed by atoms with Crippen molar-refractivity contribution in [2.45, 2.75) is 10.9 Å². The SMILES string of the molecule is CN[C@@H]1CN(C)S(=O)(=O)c2ccsc21. The second-order valence-electron chi connectivity index (χ2n) is 3.28. The van der Waals surface area contributed by atoms with E-state index in [0.29, 0.717) is 11.4 Å². The first kappa shape index (κ1) is 10.1. The fourth-order valence-corrected chi connectivity index (χ4v) is 4.36. The molecule has 4 nitrogen and oxygen atoms in total. The van der Waals surface area contributed by atoms with E-state index in [9.17, 15) is 8.42 Å². The summed E-state index contributed by atoms with van der Waals surface area (Å²) in [5.74, 6) is 0. The molecular formula is C8H12N2O2S2. The fraction of sp³-hybridized carbons (Fsp3) is 0.500. The van der Waals surface area contributed by atoms with Crippen molar-refractivity contribution < 1.29 is 8.42 Å². The van der Waals surface area contributed by atoms with E-state index in [0.717, 1.165) is 4.88 Å². The van der Waals surface area contributed by atoms with Crippen molar-refractivity contribution >= 4 is 21.4 Å². The number of sulfonamides is 1. The Hall–Kier alpha value is -0.430. The normalized spacial score (nSPS) is 26.0. The van der Waals surface area contributed by atoms with E-state index in [2.05, 4.69) is 5.32 Å². The highest BCUT2D eigenvalue weighted by Gasteiger charge is 2.34. The lowest BCUT2D eigenvalue weighted by Gasteiger charge is -2.28. The molecule has 0 unspecified atom stereocenters. The molecule has 1 aliphatic rings. The Kier molecular flexibility index (Phi) is 2.38. The van der Waals surface area contributed by atoms with E-state index in [1.165, 1.54) is 15.6 Å². The molecule has 0 spiro atoms. The molecule has 2 heterocycles. The zero-order chi connectivity index (χ0) is 10.3. The van der Waals surface area contributed by atoms with Crippen LogP contribution in [0.5, 0.6) is 0 Å². The standard InChI is InChI=1S/C8H12N2O2S2/c1-9-6-5-10(2)14(11,12)7-3-4-13-8(6)7/h3-4,6,9H,5H2,1-2H3/t6-/m1/s1. The number of hydrogen-bond acceptors (Lipinski definition) is 4. The predicted molar refractivity (Wildman–Crippen MR) is 55.9 cm³/mol.